The molecule has 0 spiro atoms. The van der Waals surface area contributed by atoms with Crippen molar-refractivity contribution >= 4 is 44.9 Å². The van der Waals surface area contributed by atoms with E-state index in [1.165, 1.54) is 13.2 Å². The molecule has 4 nitrogen and oxygen atoms in total. The Labute approximate surface area is 156 Å². The van der Waals surface area contributed by atoms with Gasteiger partial charge in [0.25, 0.3) is 11.1 Å². The highest BCUT2D eigenvalue weighted by Crippen LogP contribution is 2.35. The lowest BCUT2D eigenvalue weighted by Crippen LogP contribution is -2.27. The van der Waals surface area contributed by atoms with Gasteiger partial charge in [0.1, 0.15) is 11.6 Å². The fourth-order valence-electron chi connectivity index (χ4n) is 2.39. The molecule has 2 aromatic carbocycles. The summed E-state index contributed by atoms with van der Waals surface area (Å²) in [5.74, 6) is -0.302. The van der Waals surface area contributed by atoms with E-state index in [0.29, 0.717) is 16.9 Å². The summed E-state index contributed by atoms with van der Waals surface area (Å²) < 4.78 is 19.9. The van der Waals surface area contributed by atoms with Crippen LogP contribution in [0.25, 0.3) is 6.08 Å². The molecule has 0 aromatic heterocycles. The zero-order chi connectivity index (χ0) is 18.0. The summed E-state index contributed by atoms with van der Waals surface area (Å²) in [6, 6.07) is 11.5. The minimum Gasteiger partial charge on any atom is -0.496 e. The fourth-order valence-corrected chi connectivity index (χ4v) is 3.60. The van der Waals surface area contributed by atoms with E-state index in [2.05, 4.69) is 15.9 Å². The quantitative estimate of drug-likeness (QED) is 0.663. The highest BCUT2D eigenvalue weighted by Gasteiger charge is 2.35. The molecular formula is C18H13BrFNO3S. The minimum atomic E-state index is -0.445. The van der Waals surface area contributed by atoms with Crippen molar-refractivity contribution in [3.63, 3.8) is 0 Å². The lowest BCUT2D eigenvalue weighted by molar-refractivity contribution is -0.123. The number of carbonyl (C=O) groups is 2. The van der Waals surface area contributed by atoms with E-state index in [9.17, 15) is 14.0 Å². The van der Waals surface area contributed by atoms with Crippen LogP contribution in [0, 0.1) is 5.82 Å². The van der Waals surface area contributed by atoms with Crippen molar-refractivity contribution in [3.8, 4) is 5.75 Å². The standard InChI is InChI=1S/C18H13BrFNO3S/c1-24-15-7-6-13(19)8-12(15)9-16-17(22)21(18(23)25-16)10-11-4-2-3-5-14(11)20/h2-9H,10H2,1H3/b16-9+. The van der Waals surface area contributed by atoms with E-state index in [0.717, 1.165) is 21.1 Å². The van der Waals surface area contributed by atoms with Gasteiger partial charge in [-0.15, -0.1) is 0 Å². The van der Waals surface area contributed by atoms with E-state index in [4.69, 9.17) is 4.74 Å². The number of benzene rings is 2. The van der Waals surface area contributed by atoms with Crippen LogP contribution in [0.1, 0.15) is 11.1 Å². The third-order valence-electron chi connectivity index (χ3n) is 3.64. The van der Waals surface area contributed by atoms with Crippen molar-refractivity contribution in [2.75, 3.05) is 7.11 Å². The molecule has 0 unspecified atom stereocenters. The van der Waals surface area contributed by atoms with Crippen molar-refractivity contribution in [1.29, 1.82) is 0 Å². The molecule has 0 aliphatic carbocycles. The van der Waals surface area contributed by atoms with Crippen LogP contribution < -0.4 is 4.74 Å². The average Bonchev–Trinajstić information content (AvgIpc) is 2.84. The molecule has 1 saturated heterocycles. The first kappa shape index (κ1) is 17.7. The van der Waals surface area contributed by atoms with Gasteiger partial charge in [-0.05, 0) is 42.1 Å². The zero-order valence-electron chi connectivity index (χ0n) is 13.2. The van der Waals surface area contributed by atoms with Gasteiger partial charge in [-0.3, -0.25) is 14.5 Å². The van der Waals surface area contributed by atoms with Gasteiger partial charge in [-0.1, -0.05) is 34.1 Å². The monoisotopic (exact) mass is 421 g/mol. The number of carbonyl (C=O) groups excluding carboxylic acids is 2. The number of halogens is 2. The number of imide groups is 1. The molecule has 0 radical (unpaired) electrons. The summed E-state index contributed by atoms with van der Waals surface area (Å²) in [6.45, 7) is -0.0930. The number of rotatable bonds is 4. The summed E-state index contributed by atoms with van der Waals surface area (Å²) in [4.78, 5) is 26.1. The van der Waals surface area contributed by atoms with Crippen LogP contribution in [0.2, 0.25) is 0 Å². The maximum absolute atomic E-state index is 13.8. The Bertz CT molecular complexity index is 884. The molecule has 0 N–H and O–H groups in total. The molecule has 1 aliphatic rings. The fraction of sp³-hybridized carbons (Fsp3) is 0.111. The van der Waals surface area contributed by atoms with Crippen molar-refractivity contribution in [2.24, 2.45) is 0 Å². The molecule has 0 saturated carbocycles. The van der Waals surface area contributed by atoms with Crippen molar-refractivity contribution in [1.82, 2.24) is 4.90 Å². The lowest BCUT2D eigenvalue weighted by Gasteiger charge is -2.12. The van der Waals surface area contributed by atoms with Crippen molar-refractivity contribution in [2.45, 2.75) is 6.54 Å². The number of hydrogen-bond acceptors (Lipinski definition) is 4. The molecule has 2 amide bonds. The van der Waals surface area contributed by atoms with Crippen molar-refractivity contribution < 1.29 is 18.7 Å². The molecule has 1 aliphatic heterocycles. The number of amides is 2. The Hall–Kier alpha value is -2.12. The minimum absolute atomic E-state index is 0.0930. The molecule has 1 fully saturated rings. The molecule has 0 bridgehead atoms. The first-order valence-corrected chi connectivity index (χ1v) is 8.93. The van der Waals surface area contributed by atoms with Crippen LogP contribution in [0.3, 0.4) is 0 Å². The van der Waals surface area contributed by atoms with E-state index >= 15 is 0 Å². The topological polar surface area (TPSA) is 46.6 Å². The molecule has 0 atom stereocenters. The Morgan fingerprint density at radius 1 is 1.24 bits per heavy atom. The third-order valence-corrected chi connectivity index (χ3v) is 5.04. The Morgan fingerprint density at radius 2 is 2.00 bits per heavy atom. The number of methoxy groups -OCH3 is 1. The van der Waals surface area contributed by atoms with Crippen LogP contribution in [-0.2, 0) is 11.3 Å². The average molecular weight is 422 g/mol. The van der Waals surface area contributed by atoms with Crippen LogP contribution >= 0.6 is 27.7 Å². The second-order valence-electron chi connectivity index (χ2n) is 5.25. The van der Waals surface area contributed by atoms with Gasteiger partial charge in [0.15, 0.2) is 0 Å². The highest BCUT2D eigenvalue weighted by atomic mass is 79.9. The summed E-state index contributed by atoms with van der Waals surface area (Å²) in [5.41, 5.74) is 0.972. The maximum Gasteiger partial charge on any atom is 0.293 e. The highest BCUT2D eigenvalue weighted by molar-refractivity contribution is 9.10. The Morgan fingerprint density at radius 3 is 2.72 bits per heavy atom. The van der Waals surface area contributed by atoms with E-state index in [-0.39, 0.29) is 11.4 Å². The molecule has 3 rings (SSSR count). The predicted molar refractivity (Wildman–Crippen MR) is 98.6 cm³/mol. The van der Waals surface area contributed by atoms with Gasteiger partial charge in [-0.25, -0.2) is 4.39 Å². The van der Waals surface area contributed by atoms with Gasteiger partial charge in [0, 0.05) is 15.6 Å². The summed E-state index contributed by atoms with van der Waals surface area (Å²) in [5, 5.41) is -0.423. The normalized spacial score (nSPS) is 16.0. The molecule has 25 heavy (non-hydrogen) atoms. The largest absolute Gasteiger partial charge is 0.496 e. The SMILES string of the molecule is COc1ccc(Br)cc1/C=C1/SC(=O)N(Cc2ccccc2F)C1=O. The van der Waals surface area contributed by atoms with Crippen LogP contribution in [0.4, 0.5) is 9.18 Å². The Balaban J connectivity index is 1.89. The number of thioether (sulfide) groups is 1. The van der Waals surface area contributed by atoms with E-state index < -0.39 is 17.0 Å². The molecular weight excluding hydrogens is 409 g/mol. The first-order chi connectivity index (χ1) is 12.0. The molecule has 7 heteroatoms. The second kappa shape index (κ2) is 7.41. The van der Waals surface area contributed by atoms with Crippen LogP contribution in [0.5, 0.6) is 5.75 Å². The smallest absolute Gasteiger partial charge is 0.293 e. The van der Waals surface area contributed by atoms with Gasteiger partial charge in [0.05, 0.1) is 18.6 Å². The number of nitrogens with zero attached hydrogens (tertiary/aromatic N) is 1. The van der Waals surface area contributed by atoms with Gasteiger partial charge in [0.2, 0.25) is 0 Å². The lowest BCUT2D eigenvalue weighted by atomic mass is 10.1. The molecule has 2 aromatic rings. The number of hydrogen-bond donors (Lipinski definition) is 0. The molecule has 128 valence electrons. The summed E-state index contributed by atoms with van der Waals surface area (Å²) >= 11 is 4.20. The van der Waals surface area contributed by atoms with E-state index in [1.54, 1.807) is 36.4 Å². The third kappa shape index (κ3) is 3.77. The second-order valence-corrected chi connectivity index (χ2v) is 7.15. The van der Waals surface area contributed by atoms with Gasteiger partial charge in [-0.2, -0.15) is 0 Å². The Kier molecular flexibility index (Phi) is 5.24. The van der Waals surface area contributed by atoms with Gasteiger partial charge >= 0.3 is 0 Å². The van der Waals surface area contributed by atoms with E-state index in [1.807, 2.05) is 6.07 Å². The number of ether oxygens (including phenoxy) is 1. The maximum atomic E-state index is 13.8. The summed E-state index contributed by atoms with van der Waals surface area (Å²) in [6.07, 6.45) is 1.61. The van der Waals surface area contributed by atoms with Gasteiger partial charge < -0.3 is 4.74 Å². The first-order valence-electron chi connectivity index (χ1n) is 7.32. The van der Waals surface area contributed by atoms with Crippen LogP contribution in [0.15, 0.2) is 51.8 Å². The predicted octanol–water partition coefficient (Wildman–Crippen LogP) is 4.83. The molecule has 1 heterocycles. The summed E-state index contributed by atoms with van der Waals surface area (Å²) in [7, 11) is 1.53. The van der Waals surface area contributed by atoms with Crippen molar-refractivity contribution in [3.05, 3.63) is 68.8 Å². The van der Waals surface area contributed by atoms with Crippen LogP contribution in [-0.4, -0.2) is 23.2 Å². The zero-order valence-corrected chi connectivity index (χ0v) is 15.6.